The molecule has 6 heteroatoms. The Morgan fingerprint density at radius 1 is 1.24 bits per heavy atom. The summed E-state index contributed by atoms with van der Waals surface area (Å²) in [5.41, 5.74) is 2.09. The van der Waals surface area contributed by atoms with Crippen molar-refractivity contribution in [1.29, 1.82) is 0 Å². The van der Waals surface area contributed by atoms with Crippen LogP contribution < -0.4 is 10.1 Å². The number of aliphatic carboxylic acids is 1. The summed E-state index contributed by atoms with van der Waals surface area (Å²) in [6.45, 7) is 0. The van der Waals surface area contributed by atoms with E-state index in [0.29, 0.717) is 17.0 Å². The van der Waals surface area contributed by atoms with Crippen LogP contribution in [0.5, 0.6) is 5.75 Å². The SMILES string of the molecule is COc1ccccc1NC(CC(=O)O)c1cc2ccccc2nc1Cl. The first-order valence-electron chi connectivity index (χ1n) is 7.75. The Balaban J connectivity index is 2.03. The number of ether oxygens (including phenoxy) is 1. The van der Waals surface area contributed by atoms with E-state index in [1.165, 1.54) is 0 Å². The lowest BCUT2D eigenvalue weighted by Crippen LogP contribution is -2.16. The van der Waals surface area contributed by atoms with Crippen molar-refractivity contribution in [2.24, 2.45) is 0 Å². The number of hydrogen-bond donors (Lipinski definition) is 2. The largest absolute Gasteiger partial charge is 0.495 e. The third kappa shape index (κ3) is 3.83. The Hall–Kier alpha value is -2.79. The van der Waals surface area contributed by atoms with Crippen LogP contribution in [0.15, 0.2) is 54.6 Å². The number of anilines is 1. The van der Waals surface area contributed by atoms with Gasteiger partial charge in [0.1, 0.15) is 10.9 Å². The summed E-state index contributed by atoms with van der Waals surface area (Å²) in [5, 5.41) is 13.7. The van der Waals surface area contributed by atoms with Crippen molar-refractivity contribution < 1.29 is 14.6 Å². The number of nitrogens with zero attached hydrogens (tertiary/aromatic N) is 1. The van der Waals surface area contributed by atoms with Crippen LogP contribution in [-0.4, -0.2) is 23.2 Å². The van der Waals surface area contributed by atoms with Crippen LogP contribution in [0.4, 0.5) is 5.69 Å². The monoisotopic (exact) mass is 356 g/mol. The minimum absolute atomic E-state index is 0.141. The number of fused-ring (bicyclic) bond motifs is 1. The zero-order chi connectivity index (χ0) is 17.8. The molecule has 1 aromatic heterocycles. The first-order valence-corrected chi connectivity index (χ1v) is 8.13. The molecule has 0 amide bonds. The molecule has 0 bridgehead atoms. The number of halogens is 1. The van der Waals surface area contributed by atoms with Gasteiger partial charge in [-0.2, -0.15) is 0 Å². The van der Waals surface area contributed by atoms with Crippen LogP contribution in [0.2, 0.25) is 5.15 Å². The van der Waals surface area contributed by atoms with Crippen molar-refractivity contribution in [1.82, 2.24) is 4.98 Å². The summed E-state index contributed by atoms with van der Waals surface area (Å²) in [7, 11) is 1.57. The quantitative estimate of drug-likeness (QED) is 0.635. The highest BCUT2D eigenvalue weighted by Gasteiger charge is 2.21. The zero-order valence-corrected chi connectivity index (χ0v) is 14.3. The Labute approximate surface area is 150 Å². The molecule has 1 unspecified atom stereocenters. The van der Waals surface area contributed by atoms with Gasteiger partial charge in [-0.15, -0.1) is 0 Å². The Morgan fingerprint density at radius 2 is 1.96 bits per heavy atom. The second kappa shape index (κ2) is 7.40. The van der Waals surface area contributed by atoms with Crippen LogP contribution >= 0.6 is 11.6 Å². The predicted octanol–water partition coefficient (Wildman–Crippen LogP) is 4.52. The summed E-state index contributed by atoms with van der Waals surface area (Å²) >= 11 is 6.35. The zero-order valence-electron chi connectivity index (χ0n) is 13.6. The number of benzene rings is 2. The minimum atomic E-state index is -0.934. The fourth-order valence-electron chi connectivity index (χ4n) is 2.72. The van der Waals surface area contributed by atoms with Gasteiger partial charge in [0.2, 0.25) is 0 Å². The van der Waals surface area contributed by atoms with E-state index < -0.39 is 12.0 Å². The van der Waals surface area contributed by atoms with Crippen LogP contribution in [0.3, 0.4) is 0 Å². The normalized spacial score (nSPS) is 11.9. The molecule has 2 aromatic carbocycles. The van der Waals surface area contributed by atoms with Gasteiger partial charge in [-0.05, 0) is 24.3 Å². The molecule has 1 atom stereocenters. The van der Waals surface area contributed by atoms with Crippen molar-refractivity contribution in [3.63, 3.8) is 0 Å². The van der Waals surface area contributed by atoms with E-state index in [9.17, 15) is 9.90 Å². The fourth-order valence-corrected chi connectivity index (χ4v) is 3.00. The summed E-state index contributed by atoms with van der Waals surface area (Å²) in [5.74, 6) is -0.306. The molecule has 3 aromatic rings. The van der Waals surface area contributed by atoms with Gasteiger partial charge in [-0.1, -0.05) is 41.9 Å². The van der Waals surface area contributed by atoms with Gasteiger partial charge < -0.3 is 15.2 Å². The maximum atomic E-state index is 11.4. The Bertz CT molecular complexity index is 914. The molecule has 5 nitrogen and oxygen atoms in total. The molecular formula is C19H17ClN2O3. The second-order valence-electron chi connectivity index (χ2n) is 5.56. The van der Waals surface area contributed by atoms with Gasteiger partial charge in [0.25, 0.3) is 0 Å². The predicted molar refractivity (Wildman–Crippen MR) is 98.4 cm³/mol. The molecule has 0 fully saturated rings. The molecule has 2 N–H and O–H groups in total. The Kier molecular flexibility index (Phi) is 5.05. The lowest BCUT2D eigenvalue weighted by Gasteiger charge is -2.21. The lowest BCUT2D eigenvalue weighted by molar-refractivity contribution is -0.137. The number of hydrogen-bond acceptors (Lipinski definition) is 4. The number of rotatable bonds is 6. The molecule has 128 valence electrons. The fraction of sp³-hybridized carbons (Fsp3) is 0.158. The number of nitrogens with one attached hydrogen (secondary N) is 1. The second-order valence-corrected chi connectivity index (χ2v) is 5.91. The average Bonchev–Trinajstić information content (AvgIpc) is 2.60. The molecule has 0 saturated carbocycles. The maximum Gasteiger partial charge on any atom is 0.305 e. The number of carbonyl (C=O) groups is 1. The van der Waals surface area contributed by atoms with Gasteiger partial charge in [-0.3, -0.25) is 4.79 Å². The number of pyridine rings is 1. The molecule has 0 aliphatic carbocycles. The van der Waals surface area contributed by atoms with Crippen molar-refractivity contribution >= 4 is 34.2 Å². The topological polar surface area (TPSA) is 71.5 Å². The highest BCUT2D eigenvalue weighted by molar-refractivity contribution is 6.30. The van der Waals surface area contributed by atoms with Crippen molar-refractivity contribution in [2.45, 2.75) is 12.5 Å². The average molecular weight is 357 g/mol. The van der Waals surface area contributed by atoms with Crippen molar-refractivity contribution in [2.75, 3.05) is 12.4 Å². The molecule has 0 aliphatic rings. The molecular weight excluding hydrogens is 340 g/mol. The van der Waals surface area contributed by atoms with E-state index >= 15 is 0 Å². The first kappa shape index (κ1) is 17.0. The van der Waals surface area contributed by atoms with Crippen molar-refractivity contribution in [3.8, 4) is 5.75 Å². The van der Waals surface area contributed by atoms with E-state index in [4.69, 9.17) is 16.3 Å². The van der Waals surface area contributed by atoms with Crippen LogP contribution in [0.25, 0.3) is 10.9 Å². The smallest absolute Gasteiger partial charge is 0.305 e. The summed E-state index contributed by atoms with van der Waals surface area (Å²) in [4.78, 5) is 15.8. The maximum absolute atomic E-state index is 11.4. The third-order valence-electron chi connectivity index (χ3n) is 3.90. The summed E-state index contributed by atoms with van der Waals surface area (Å²) in [6.07, 6.45) is -0.141. The summed E-state index contributed by atoms with van der Waals surface area (Å²) in [6, 6.07) is 16.2. The summed E-state index contributed by atoms with van der Waals surface area (Å²) < 4.78 is 5.33. The molecule has 25 heavy (non-hydrogen) atoms. The van der Waals surface area contributed by atoms with Gasteiger partial charge in [-0.25, -0.2) is 4.98 Å². The lowest BCUT2D eigenvalue weighted by atomic mass is 10.0. The van der Waals surface area contributed by atoms with Gasteiger partial charge in [0.15, 0.2) is 0 Å². The van der Waals surface area contributed by atoms with Crippen molar-refractivity contribution in [3.05, 3.63) is 65.3 Å². The molecule has 1 heterocycles. The first-order chi connectivity index (χ1) is 12.1. The third-order valence-corrected chi connectivity index (χ3v) is 4.20. The molecule has 0 aliphatic heterocycles. The Morgan fingerprint density at radius 3 is 2.72 bits per heavy atom. The van der Waals surface area contributed by atoms with E-state index in [1.807, 2.05) is 48.5 Å². The van der Waals surface area contributed by atoms with Crippen LogP contribution in [-0.2, 0) is 4.79 Å². The molecule has 0 radical (unpaired) electrons. The molecule has 0 spiro atoms. The van der Waals surface area contributed by atoms with Gasteiger partial charge >= 0.3 is 5.97 Å². The highest BCUT2D eigenvalue weighted by Crippen LogP contribution is 2.33. The van der Waals surface area contributed by atoms with E-state index in [-0.39, 0.29) is 11.6 Å². The molecule has 3 rings (SSSR count). The number of carboxylic acids is 1. The van der Waals surface area contributed by atoms with E-state index in [1.54, 1.807) is 13.2 Å². The van der Waals surface area contributed by atoms with E-state index in [2.05, 4.69) is 10.3 Å². The number of methoxy groups -OCH3 is 1. The highest BCUT2D eigenvalue weighted by atomic mass is 35.5. The number of para-hydroxylation sites is 3. The number of aromatic nitrogens is 1. The molecule has 0 saturated heterocycles. The van der Waals surface area contributed by atoms with E-state index in [0.717, 1.165) is 10.9 Å². The standard InChI is InChI=1S/C19H17ClN2O3/c1-25-17-9-5-4-8-15(17)21-16(11-18(23)24)13-10-12-6-2-3-7-14(12)22-19(13)20/h2-10,16,21H,11H2,1H3,(H,23,24). The van der Waals surface area contributed by atoms with Gasteiger partial charge in [0.05, 0.1) is 30.8 Å². The van der Waals surface area contributed by atoms with Crippen LogP contribution in [0, 0.1) is 0 Å². The minimum Gasteiger partial charge on any atom is -0.495 e. The van der Waals surface area contributed by atoms with Gasteiger partial charge in [0, 0.05) is 10.9 Å². The van der Waals surface area contributed by atoms with Crippen LogP contribution in [0.1, 0.15) is 18.0 Å². The number of carboxylic acid groups (broad SMARTS) is 1.